The molecule has 1 amide bonds. The zero-order valence-corrected chi connectivity index (χ0v) is 12.1. The Kier molecular flexibility index (Phi) is 4.70. The number of likely N-dealkylation sites (tertiary alicyclic amines) is 1. The van der Waals surface area contributed by atoms with Crippen LogP contribution in [0.1, 0.15) is 49.4 Å². The van der Waals surface area contributed by atoms with Crippen LogP contribution in [0.25, 0.3) is 0 Å². The molecule has 1 aromatic rings. The molecule has 1 aliphatic heterocycles. The maximum absolute atomic E-state index is 12.7. The summed E-state index contributed by atoms with van der Waals surface area (Å²) < 4.78 is 0. The predicted octanol–water partition coefficient (Wildman–Crippen LogP) is 3.72. The molecule has 0 bridgehead atoms. The van der Waals surface area contributed by atoms with Gasteiger partial charge in [-0.2, -0.15) is 0 Å². The maximum atomic E-state index is 12.7. The van der Waals surface area contributed by atoms with E-state index in [1.165, 1.54) is 12.8 Å². The van der Waals surface area contributed by atoms with E-state index >= 15 is 0 Å². The fourth-order valence-electron chi connectivity index (χ4n) is 2.75. The van der Waals surface area contributed by atoms with Crippen molar-refractivity contribution in [3.63, 3.8) is 0 Å². The molecule has 0 aliphatic carbocycles. The molecule has 1 atom stereocenters. The number of anilines is 1. The number of amides is 1. The number of hydrogen-bond acceptors (Lipinski definition) is 2. The molecule has 0 spiro atoms. The van der Waals surface area contributed by atoms with E-state index < -0.39 is 0 Å². The van der Waals surface area contributed by atoms with E-state index in [-0.39, 0.29) is 5.91 Å². The highest BCUT2D eigenvalue weighted by molar-refractivity contribution is 6.31. The van der Waals surface area contributed by atoms with E-state index in [1.54, 1.807) is 18.2 Å². The lowest BCUT2D eigenvalue weighted by Gasteiger charge is -2.29. The first-order valence-corrected chi connectivity index (χ1v) is 7.37. The number of carbonyl (C=O) groups excluding carboxylic acids is 1. The third-order valence-electron chi connectivity index (χ3n) is 3.85. The van der Waals surface area contributed by atoms with Crippen molar-refractivity contribution in [3.8, 4) is 0 Å². The quantitative estimate of drug-likeness (QED) is 0.839. The number of nitrogen functional groups attached to an aromatic ring is 1. The summed E-state index contributed by atoms with van der Waals surface area (Å²) in [5.41, 5.74) is 6.97. The number of rotatable bonds is 2. The van der Waals surface area contributed by atoms with Crippen molar-refractivity contribution in [2.24, 2.45) is 0 Å². The standard InChI is InChI=1S/C15H21ClN2O/c1-2-12-6-4-3-5-9-18(12)15(19)13-8-7-11(16)10-14(13)17/h7-8,10,12H,2-6,9,17H2,1H3. The molecule has 1 unspecified atom stereocenters. The summed E-state index contributed by atoms with van der Waals surface area (Å²) in [5.74, 6) is 0.0444. The topological polar surface area (TPSA) is 46.3 Å². The van der Waals surface area contributed by atoms with Crippen LogP contribution in [0.3, 0.4) is 0 Å². The third-order valence-corrected chi connectivity index (χ3v) is 4.09. The molecule has 0 aromatic heterocycles. The number of carbonyl (C=O) groups is 1. The lowest BCUT2D eigenvalue weighted by Crippen LogP contribution is -2.39. The fourth-order valence-corrected chi connectivity index (χ4v) is 2.93. The minimum absolute atomic E-state index is 0.0444. The van der Waals surface area contributed by atoms with Crippen LogP contribution in [0.15, 0.2) is 18.2 Å². The average molecular weight is 281 g/mol. The summed E-state index contributed by atoms with van der Waals surface area (Å²) in [6.45, 7) is 2.97. The van der Waals surface area contributed by atoms with Crippen molar-refractivity contribution >= 4 is 23.2 Å². The molecular formula is C15H21ClN2O. The van der Waals surface area contributed by atoms with Gasteiger partial charge in [0.2, 0.25) is 0 Å². The zero-order valence-electron chi connectivity index (χ0n) is 11.4. The van der Waals surface area contributed by atoms with Crippen molar-refractivity contribution in [1.82, 2.24) is 4.90 Å². The van der Waals surface area contributed by atoms with Crippen LogP contribution in [-0.4, -0.2) is 23.4 Å². The first-order valence-electron chi connectivity index (χ1n) is 6.99. The van der Waals surface area contributed by atoms with Gasteiger partial charge in [-0.1, -0.05) is 31.4 Å². The molecular weight excluding hydrogens is 260 g/mol. The Labute approximate surface area is 119 Å². The van der Waals surface area contributed by atoms with Crippen molar-refractivity contribution in [2.75, 3.05) is 12.3 Å². The molecule has 1 aromatic carbocycles. The second-order valence-corrected chi connectivity index (χ2v) is 5.58. The van der Waals surface area contributed by atoms with E-state index in [0.29, 0.717) is 22.3 Å². The smallest absolute Gasteiger partial charge is 0.256 e. The molecule has 2 rings (SSSR count). The van der Waals surface area contributed by atoms with Crippen LogP contribution >= 0.6 is 11.6 Å². The van der Waals surface area contributed by atoms with Gasteiger partial charge in [0.1, 0.15) is 0 Å². The lowest BCUT2D eigenvalue weighted by molar-refractivity contribution is 0.0679. The first-order chi connectivity index (χ1) is 9.13. The van der Waals surface area contributed by atoms with Gasteiger partial charge in [-0.15, -0.1) is 0 Å². The summed E-state index contributed by atoms with van der Waals surface area (Å²) >= 11 is 5.88. The Morgan fingerprint density at radius 1 is 1.42 bits per heavy atom. The Hall–Kier alpha value is -1.22. The van der Waals surface area contributed by atoms with Crippen LogP contribution in [0.5, 0.6) is 0 Å². The number of hydrogen-bond donors (Lipinski definition) is 1. The first kappa shape index (κ1) is 14.2. The van der Waals surface area contributed by atoms with Gasteiger partial charge in [-0.25, -0.2) is 0 Å². The van der Waals surface area contributed by atoms with Gasteiger partial charge in [0.25, 0.3) is 5.91 Å². The van der Waals surface area contributed by atoms with E-state index in [2.05, 4.69) is 6.92 Å². The van der Waals surface area contributed by atoms with E-state index in [4.69, 9.17) is 17.3 Å². The molecule has 1 fully saturated rings. The van der Waals surface area contributed by atoms with Crippen LogP contribution in [-0.2, 0) is 0 Å². The van der Waals surface area contributed by atoms with Crippen molar-refractivity contribution in [2.45, 2.75) is 45.1 Å². The highest BCUT2D eigenvalue weighted by atomic mass is 35.5. The van der Waals surface area contributed by atoms with Gasteiger partial charge >= 0.3 is 0 Å². The minimum Gasteiger partial charge on any atom is -0.398 e. The van der Waals surface area contributed by atoms with E-state index in [9.17, 15) is 4.79 Å². The fraction of sp³-hybridized carbons (Fsp3) is 0.533. The van der Waals surface area contributed by atoms with Gasteiger partial charge in [0, 0.05) is 23.3 Å². The minimum atomic E-state index is 0.0444. The van der Waals surface area contributed by atoms with Crippen LogP contribution < -0.4 is 5.73 Å². The molecule has 0 saturated carbocycles. The van der Waals surface area contributed by atoms with Crippen LogP contribution in [0, 0.1) is 0 Å². The highest BCUT2D eigenvalue weighted by Gasteiger charge is 2.26. The number of halogens is 1. The third kappa shape index (κ3) is 3.21. The Morgan fingerprint density at radius 2 is 2.21 bits per heavy atom. The normalized spacial score (nSPS) is 20.1. The Bertz CT molecular complexity index is 461. The summed E-state index contributed by atoms with van der Waals surface area (Å²) in [4.78, 5) is 14.6. The Morgan fingerprint density at radius 3 is 2.89 bits per heavy atom. The van der Waals surface area contributed by atoms with Crippen LogP contribution in [0.2, 0.25) is 5.02 Å². The molecule has 1 aliphatic rings. The number of nitrogens with two attached hydrogens (primary N) is 1. The molecule has 3 nitrogen and oxygen atoms in total. The molecule has 0 radical (unpaired) electrons. The zero-order chi connectivity index (χ0) is 13.8. The van der Waals surface area contributed by atoms with Gasteiger partial charge in [-0.3, -0.25) is 4.79 Å². The maximum Gasteiger partial charge on any atom is 0.256 e. The highest BCUT2D eigenvalue weighted by Crippen LogP contribution is 2.25. The average Bonchev–Trinajstić information content (AvgIpc) is 2.63. The summed E-state index contributed by atoms with van der Waals surface area (Å²) in [7, 11) is 0. The van der Waals surface area contributed by atoms with Gasteiger partial charge in [0.05, 0.1) is 5.56 Å². The number of nitrogens with zero attached hydrogens (tertiary/aromatic N) is 1. The van der Waals surface area contributed by atoms with Crippen LogP contribution in [0.4, 0.5) is 5.69 Å². The van der Waals surface area contributed by atoms with Gasteiger partial charge < -0.3 is 10.6 Å². The van der Waals surface area contributed by atoms with Crippen molar-refractivity contribution in [3.05, 3.63) is 28.8 Å². The Balaban J connectivity index is 2.25. The summed E-state index contributed by atoms with van der Waals surface area (Å²) in [5, 5.41) is 0.567. The predicted molar refractivity (Wildman–Crippen MR) is 79.4 cm³/mol. The molecule has 104 valence electrons. The monoisotopic (exact) mass is 280 g/mol. The number of benzene rings is 1. The molecule has 1 heterocycles. The second-order valence-electron chi connectivity index (χ2n) is 5.14. The molecule has 4 heteroatoms. The lowest BCUT2D eigenvalue weighted by atomic mass is 10.1. The molecule has 1 saturated heterocycles. The summed E-state index contributed by atoms with van der Waals surface area (Å²) in [6.07, 6.45) is 5.58. The second kappa shape index (κ2) is 6.29. The largest absolute Gasteiger partial charge is 0.398 e. The van der Waals surface area contributed by atoms with Gasteiger partial charge in [-0.05, 0) is 37.5 Å². The molecule has 19 heavy (non-hydrogen) atoms. The van der Waals surface area contributed by atoms with E-state index in [0.717, 1.165) is 25.8 Å². The SMILES string of the molecule is CCC1CCCCCN1C(=O)c1ccc(Cl)cc1N. The molecule has 2 N–H and O–H groups in total. The van der Waals surface area contributed by atoms with Crippen molar-refractivity contribution < 1.29 is 4.79 Å². The van der Waals surface area contributed by atoms with Crippen molar-refractivity contribution in [1.29, 1.82) is 0 Å². The summed E-state index contributed by atoms with van der Waals surface area (Å²) in [6, 6.07) is 5.44. The van der Waals surface area contributed by atoms with Gasteiger partial charge in [0.15, 0.2) is 0 Å². The van der Waals surface area contributed by atoms with E-state index in [1.807, 2.05) is 4.90 Å².